The zero-order valence-corrected chi connectivity index (χ0v) is 26.9. The van der Waals surface area contributed by atoms with Crippen molar-refractivity contribution in [2.24, 2.45) is 5.41 Å². The fourth-order valence-electron chi connectivity index (χ4n) is 7.60. The van der Waals surface area contributed by atoms with Crippen molar-refractivity contribution in [2.75, 3.05) is 50.0 Å². The Morgan fingerprint density at radius 3 is 2.58 bits per heavy atom. The number of rotatable bonds is 7. The lowest BCUT2D eigenvalue weighted by Crippen LogP contribution is -2.62. The van der Waals surface area contributed by atoms with E-state index in [-0.39, 0.29) is 65.7 Å². The van der Waals surface area contributed by atoms with Gasteiger partial charge in [0.15, 0.2) is 5.82 Å². The number of alkyl halides is 5. The molecule has 16 heteroatoms. The van der Waals surface area contributed by atoms with Crippen molar-refractivity contribution in [1.29, 1.82) is 0 Å². The third-order valence-corrected chi connectivity index (χ3v) is 9.99. The number of aromatic nitrogens is 4. The number of nitrogens with two attached hydrogens (primary N) is 1. The number of likely N-dealkylation sites (tertiary alicyclic amines) is 1. The number of hydrogen-bond acceptors (Lipinski definition) is 10. The van der Waals surface area contributed by atoms with Crippen LogP contribution in [0.4, 0.5) is 38.0 Å². The van der Waals surface area contributed by atoms with Gasteiger partial charge < -0.3 is 25.4 Å². The van der Waals surface area contributed by atoms with Crippen LogP contribution in [0, 0.1) is 18.2 Å². The third-order valence-electron chi connectivity index (χ3n) is 9.99. The normalized spacial score (nSPS) is 24.9. The molecule has 3 atom stereocenters. The van der Waals surface area contributed by atoms with Crippen LogP contribution in [-0.4, -0.2) is 88.3 Å². The summed E-state index contributed by atoms with van der Waals surface area (Å²) in [5, 5.41) is 3.61. The number of anilines is 2. The number of hydrogen-bond donors (Lipinski definition) is 2. The fourth-order valence-corrected chi connectivity index (χ4v) is 7.60. The summed E-state index contributed by atoms with van der Waals surface area (Å²) in [4.78, 5) is 21.0. The van der Waals surface area contributed by atoms with Crippen LogP contribution in [0.1, 0.15) is 57.2 Å². The highest BCUT2D eigenvalue weighted by molar-refractivity contribution is 5.97. The Balaban J connectivity index is 1.34. The molecule has 1 aliphatic carbocycles. The molecular weight excluding hydrogens is 642 g/mol. The quantitative estimate of drug-likeness (QED) is 0.316. The SMILES string of the molecule is CC[C@@H]1NCCN2c3nc(OCC4(CN5CCCC(F)(F)C5)CC4)nc4c(F)c(-c5cc(N)nc(C)c5C(F)(F)F)nc(c34)O[C@@H](C)[C@H]12. The predicted molar refractivity (Wildman–Crippen MR) is 166 cm³/mol. The summed E-state index contributed by atoms with van der Waals surface area (Å²) in [5.41, 5.74) is 2.34. The second kappa shape index (κ2) is 11.7. The highest BCUT2D eigenvalue weighted by Crippen LogP contribution is 2.49. The van der Waals surface area contributed by atoms with Crippen molar-refractivity contribution in [3.8, 4) is 23.1 Å². The van der Waals surface area contributed by atoms with Gasteiger partial charge in [-0.1, -0.05) is 6.92 Å². The largest absolute Gasteiger partial charge is 0.472 e. The third kappa shape index (κ3) is 5.94. The molecule has 0 bridgehead atoms. The Labute approximate surface area is 273 Å². The molecule has 3 aromatic rings. The monoisotopic (exact) mass is 680 g/mol. The molecule has 0 aromatic carbocycles. The lowest BCUT2D eigenvalue weighted by atomic mass is 9.96. The molecule has 0 spiro atoms. The molecule has 0 unspecified atom stereocenters. The molecule has 3 fully saturated rings. The number of aryl methyl sites for hydroxylation is 1. The van der Waals surface area contributed by atoms with E-state index in [1.807, 2.05) is 18.7 Å². The summed E-state index contributed by atoms with van der Waals surface area (Å²) in [5.74, 6) is -3.89. The first-order valence-corrected chi connectivity index (χ1v) is 16.3. The van der Waals surface area contributed by atoms with Gasteiger partial charge in [0.1, 0.15) is 34.3 Å². The van der Waals surface area contributed by atoms with E-state index < -0.39 is 46.5 Å². The van der Waals surface area contributed by atoms with Gasteiger partial charge in [-0.05, 0) is 52.1 Å². The topological polar surface area (TPSA) is 115 Å². The molecule has 0 amide bonds. The number of piperidine rings is 1. The van der Waals surface area contributed by atoms with Gasteiger partial charge in [0, 0.05) is 43.1 Å². The first-order valence-electron chi connectivity index (χ1n) is 16.3. The summed E-state index contributed by atoms with van der Waals surface area (Å²) < 4.78 is 101. The zero-order chi connectivity index (χ0) is 34.2. The van der Waals surface area contributed by atoms with Crippen molar-refractivity contribution in [2.45, 2.75) is 83.2 Å². The van der Waals surface area contributed by atoms with Gasteiger partial charge in [0.2, 0.25) is 5.88 Å². The summed E-state index contributed by atoms with van der Waals surface area (Å²) >= 11 is 0. The summed E-state index contributed by atoms with van der Waals surface area (Å²) in [6.07, 6.45) is -2.90. The average molecular weight is 681 g/mol. The van der Waals surface area contributed by atoms with Gasteiger partial charge in [-0.3, -0.25) is 4.90 Å². The Morgan fingerprint density at radius 2 is 1.90 bits per heavy atom. The minimum atomic E-state index is -4.89. The first-order chi connectivity index (χ1) is 22.7. The molecule has 0 radical (unpaired) electrons. The number of fused-ring (bicyclic) bond motifs is 2. The molecule has 3 N–H and O–H groups in total. The molecule has 1 saturated carbocycles. The zero-order valence-electron chi connectivity index (χ0n) is 26.9. The maximum absolute atomic E-state index is 16.8. The molecule has 6 heterocycles. The molecule has 10 nitrogen and oxygen atoms in total. The van der Waals surface area contributed by atoms with E-state index in [2.05, 4.69) is 20.3 Å². The van der Waals surface area contributed by atoms with Crippen LogP contribution in [0.3, 0.4) is 0 Å². The van der Waals surface area contributed by atoms with Crippen LogP contribution in [0.25, 0.3) is 22.2 Å². The predicted octanol–water partition coefficient (Wildman–Crippen LogP) is 5.36. The van der Waals surface area contributed by atoms with E-state index >= 15 is 4.39 Å². The van der Waals surface area contributed by atoms with Crippen molar-refractivity contribution >= 4 is 22.5 Å². The minimum Gasteiger partial charge on any atom is -0.472 e. The van der Waals surface area contributed by atoms with Gasteiger partial charge in [0.25, 0.3) is 5.92 Å². The van der Waals surface area contributed by atoms with Crippen LogP contribution in [0.15, 0.2) is 6.07 Å². The van der Waals surface area contributed by atoms with Crippen LogP contribution in [-0.2, 0) is 6.18 Å². The second-order valence-corrected chi connectivity index (χ2v) is 13.6. The number of halogens is 6. The van der Waals surface area contributed by atoms with Crippen LogP contribution < -0.4 is 25.4 Å². The maximum Gasteiger partial charge on any atom is 0.418 e. The Kier molecular flexibility index (Phi) is 8.04. The van der Waals surface area contributed by atoms with Gasteiger partial charge in [0.05, 0.1) is 30.5 Å². The van der Waals surface area contributed by atoms with E-state index in [1.165, 1.54) is 0 Å². The van der Waals surface area contributed by atoms with E-state index in [9.17, 15) is 22.0 Å². The highest BCUT2D eigenvalue weighted by Gasteiger charge is 2.48. The molecule has 48 heavy (non-hydrogen) atoms. The Hall–Kier alpha value is -3.66. The van der Waals surface area contributed by atoms with Crippen molar-refractivity contribution in [1.82, 2.24) is 30.2 Å². The first kappa shape index (κ1) is 32.9. The molecule has 3 aliphatic heterocycles. The smallest absolute Gasteiger partial charge is 0.418 e. The van der Waals surface area contributed by atoms with E-state index in [0.29, 0.717) is 38.4 Å². The van der Waals surface area contributed by atoms with Gasteiger partial charge in [-0.2, -0.15) is 23.1 Å². The van der Waals surface area contributed by atoms with Crippen LogP contribution >= 0.6 is 0 Å². The second-order valence-electron chi connectivity index (χ2n) is 13.6. The lowest BCUT2D eigenvalue weighted by Gasteiger charge is -2.43. The number of piperazine rings is 1. The fraction of sp³-hybridized carbons (Fsp3) is 0.625. The van der Waals surface area contributed by atoms with E-state index in [4.69, 9.17) is 20.2 Å². The standard InChI is InChI=1S/C32H38F6N8O2/c1-4-19-26-17(3)48-28-21-25(23(33)24(42-28)18-12-20(39)41-16(2)22(18)32(36,37)38)43-29(44-27(21)46(26)11-9-40-19)47-15-30(7-8-30)13-45-10-5-6-31(34,35)14-45/h12,17,19,26,40H,4-11,13-15H2,1-3H3,(H2,39,41)/t17-,19-,26+/m0/s1. The molecule has 3 aromatic heterocycles. The van der Waals surface area contributed by atoms with Crippen molar-refractivity contribution < 1.29 is 35.8 Å². The number of ether oxygens (including phenoxy) is 2. The summed E-state index contributed by atoms with van der Waals surface area (Å²) in [7, 11) is 0. The van der Waals surface area contributed by atoms with E-state index in [1.54, 1.807) is 4.90 Å². The lowest BCUT2D eigenvalue weighted by molar-refractivity contribution is -0.137. The highest BCUT2D eigenvalue weighted by atomic mass is 19.4. The maximum atomic E-state index is 16.8. The molecule has 4 aliphatic rings. The van der Waals surface area contributed by atoms with Crippen LogP contribution in [0.2, 0.25) is 0 Å². The number of nitrogens with zero attached hydrogens (tertiary/aromatic N) is 6. The molecular formula is C32H38F6N8O2. The molecule has 260 valence electrons. The number of pyridine rings is 2. The Bertz CT molecular complexity index is 1740. The number of nitrogen functional groups attached to an aromatic ring is 1. The molecule has 7 rings (SSSR count). The average Bonchev–Trinajstić information content (AvgIpc) is 3.79. The van der Waals surface area contributed by atoms with Crippen LogP contribution in [0.5, 0.6) is 11.9 Å². The van der Waals surface area contributed by atoms with Gasteiger partial charge in [-0.15, -0.1) is 0 Å². The number of nitrogens with one attached hydrogen (secondary N) is 1. The summed E-state index contributed by atoms with van der Waals surface area (Å²) in [6.45, 7) is 6.87. The minimum absolute atomic E-state index is 0.0429. The van der Waals surface area contributed by atoms with Crippen molar-refractivity contribution in [3.05, 3.63) is 23.1 Å². The summed E-state index contributed by atoms with van der Waals surface area (Å²) in [6, 6.07) is 0.450. The van der Waals surface area contributed by atoms with Crippen molar-refractivity contribution in [3.63, 3.8) is 0 Å². The molecule has 2 saturated heterocycles. The Morgan fingerprint density at radius 1 is 1.12 bits per heavy atom. The van der Waals surface area contributed by atoms with Gasteiger partial charge >= 0.3 is 12.2 Å². The van der Waals surface area contributed by atoms with Gasteiger partial charge in [-0.25, -0.2) is 23.1 Å². The van der Waals surface area contributed by atoms with E-state index in [0.717, 1.165) is 32.3 Å².